The van der Waals surface area contributed by atoms with E-state index in [0.717, 1.165) is 12.0 Å². The molecule has 0 heterocycles. The molecule has 0 N–H and O–H groups in total. The summed E-state index contributed by atoms with van der Waals surface area (Å²) >= 11 is 0. The zero-order chi connectivity index (χ0) is 44.2. The highest BCUT2D eigenvalue weighted by Crippen LogP contribution is 2.52. The molecule has 65 heavy (non-hydrogen) atoms. The van der Waals surface area contributed by atoms with Crippen LogP contribution in [0.3, 0.4) is 0 Å². The van der Waals surface area contributed by atoms with Crippen molar-refractivity contribution in [3.8, 4) is 44.5 Å². The summed E-state index contributed by atoms with van der Waals surface area (Å²) in [5, 5.41) is 18.2. The van der Waals surface area contributed by atoms with E-state index in [2.05, 4.69) is 204 Å². The Labute approximate surface area is 381 Å². The van der Waals surface area contributed by atoms with E-state index >= 15 is 0 Å². The Kier molecular flexibility index (Phi) is 8.88. The second kappa shape index (κ2) is 14.8. The van der Waals surface area contributed by atoms with Crippen molar-refractivity contribution in [1.82, 2.24) is 0 Å². The minimum atomic E-state index is 0.876. The molecule has 0 saturated carbocycles. The van der Waals surface area contributed by atoms with Gasteiger partial charge in [0.15, 0.2) is 0 Å². The van der Waals surface area contributed by atoms with Gasteiger partial charge in [-0.15, -0.1) is 0 Å². The van der Waals surface area contributed by atoms with Gasteiger partial charge in [0.05, 0.1) is 0 Å². The number of hydrogen-bond donors (Lipinski definition) is 0. The first-order valence-electron chi connectivity index (χ1n) is 23.3. The zero-order valence-electron chi connectivity index (χ0n) is 38.1. The molecule has 11 aromatic rings. The van der Waals surface area contributed by atoms with Gasteiger partial charge in [-0.2, -0.15) is 0 Å². The lowest BCUT2D eigenvalue weighted by molar-refractivity contribution is 1.30. The van der Waals surface area contributed by atoms with Crippen LogP contribution in [-0.4, -0.2) is 0 Å². The second-order valence-corrected chi connectivity index (χ2v) is 18.3. The van der Waals surface area contributed by atoms with Gasteiger partial charge in [-0.05, 0) is 218 Å². The van der Waals surface area contributed by atoms with Crippen molar-refractivity contribution in [1.29, 1.82) is 0 Å². The third-order valence-corrected chi connectivity index (χ3v) is 14.4. The van der Waals surface area contributed by atoms with Crippen LogP contribution in [0.1, 0.15) is 47.2 Å². The Bertz CT molecular complexity index is 3980. The molecule has 0 heteroatoms. The summed E-state index contributed by atoms with van der Waals surface area (Å²) in [7, 11) is 0. The quantitative estimate of drug-likeness (QED) is 0.152. The van der Waals surface area contributed by atoms with E-state index in [-0.39, 0.29) is 0 Å². The van der Waals surface area contributed by atoms with Crippen LogP contribution in [0.2, 0.25) is 0 Å². The van der Waals surface area contributed by atoms with Gasteiger partial charge in [0.1, 0.15) is 0 Å². The third-order valence-electron chi connectivity index (χ3n) is 14.4. The maximum absolute atomic E-state index is 4.55. The normalized spacial score (nSPS) is 13.9. The molecular weight excluding hydrogens is 781 g/mol. The Balaban J connectivity index is 0.00000219. The Morgan fingerprint density at radius 1 is 0.385 bits per heavy atom. The van der Waals surface area contributed by atoms with Gasteiger partial charge < -0.3 is 0 Å². The number of aryl methyl sites for hydroxylation is 4. The third kappa shape index (κ3) is 5.83. The van der Waals surface area contributed by atoms with Crippen LogP contribution in [0.15, 0.2) is 176 Å². The zero-order valence-corrected chi connectivity index (χ0v) is 38.1. The van der Waals surface area contributed by atoms with Crippen LogP contribution in [0.5, 0.6) is 0 Å². The largest absolute Gasteiger partial charge is 0.0911 e. The van der Waals surface area contributed by atoms with E-state index < -0.39 is 0 Å². The van der Waals surface area contributed by atoms with Crippen molar-refractivity contribution >= 4 is 81.0 Å². The fourth-order valence-corrected chi connectivity index (χ4v) is 11.5. The van der Waals surface area contributed by atoms with E-state index in [4.69, 9.17) is 0 Å². The molecule has 0 nitrogen and oxygen atoms in total. The van der Waals surface area contributed by atoms with E-state index in [1.54, 1.807) is 0 Å². The lowest BCUT2D eigenvalue weighted by Crippen LogP contribution is -1.96. The fourth-order valence-electron chi connectivity index (χ4n) is 11.5. The standard InChI is InChI=1S/C63H44.C2H6/c1-35-15-23-46-53(27-35)51(32-57-49-25-17-38(4)60-37(3)11-7-6-8-12-43(62(49)60)31-55(46)57)41-21-19-40-20-22-42(30-44(40)29-41)52-33-58-50-26-18-39(5)61-48-14-10-9-13-45(48)59(63(50)61)34-56(58)47-24-16-36(2)28-54(47)52;1-2/h6-11,13-34H,3,12H2,1-2,4-5H3;1-2H3/b8-6-,11-7-;. The first-order valence-corrected chi connectivity index (χ1v) is 23.3. The molecule has 0 fully saturated rings. The first kappa shape index (κ1) is 39.1. The van der Waals surface area contributed by atoms with Crippen molar-refractivity contribution in [2.24, 2.45) is 0 Å². The van der Waals surface area contributed by atoms with Crippen molar-refractivity contribution in [2.45, 2.75) is 48.0 Å². The summed E-state index contributed by atoms with van der Waals surface area (Å²) in [6.45, 7) is 17.5. The van der Waals surface area contributed by atoms with Gasteiger partial charge >= 0.3 is 0 Å². The topological polar surface area (TPSA) is 0 Å². The van der Waals surface area contributed by atoms with Crippen molar-refractivity contribution in [3.63, 3.8) is 0 Å². The molecule has 0 radical (unpaired) electrons. The molecule has 0 unspecified atom stereocenters. The van der Waals surface area contributed by atoms with Crippen molar-refractivity contribution < 1.29 is 0 Å². The summed E-state index contributed by atoms with van der Waals surface area (Å²) in [4.78, 5) is 0. The lowest BCUT2D eigenvalue weighted by atomic mass is 9.84. The molecule has 0 saturated heterocycles. The molecule has 13 rings (SSSR count). The Morgan fingerprint density at radius 2 is 0.923 bits per heavy atom. The Hall–Kier alpha value is -7.54. The average molecular weight is 831 g/mol. The molecular formula is C65H50. The van der Waals surface area contributed by atoms with Gasteiger partial charge in [-0.25, -0.2) is 0 Å². The van der Waals surface area contributed by atoms with E-state index in [0.29, 0.717) is 0 Å². The number of allylic oxidation sites excluding steroid dienone is 5. The molecule has 2 aliphatic carbocycles. The number of hydrogen-bond acceptors (Lipinski definition) is 0. The van der Waals surface area contributed by atoms with Crippen LogP contribution in [0.25, 0.3) is 125 Å². The SMILES string of the molecule is C=C1/C=C\C=C/Cc2cc3c4ccc(C)cc4c(-c4ccc5ccc(-c6cc7c8ccc(C)c9c8c(cc7c7ccc(C)cc67)-c6ccccc6-9)cc5c4)cc3c3ccc(C)c1c23.CC. The van der Waals surface area contributed by atoms with E-state index in [9.17, 15) is 0 Å². The summed E-state index contributed by atoms with van der Waals surface area (Å²) in [5.74, 6) is 0. The summed E-state index contributed by atoms with van der Waals surface area (Å²) < 4.78 is 0. The lowest BCUT2D eigenvalue weighted by Gasteiger charge is -2.19. The molecule has 310 valence electrons. The van der Waals surface area contributed by atoms with Gasteiger partial charge in [0.25, 0.3) is 0 Å². The van der Waals surface area contributed by atoms with Crippen LogP contribution in [0.4, 0.5) is 0 Å². The number of rotatable bonds is 2. The molecule has 11 aromatic carbocycles. The molecule has 0 aromatic heterocycles. The van der Waals surface area contributed by atoms with Crippen LogP contribution >= 0.6 is 0 Å². The molecule has 0 aliphatic heterocycles. The predicted octanol–water partition coefficient (Wildman–Crippen LogP) is 18.7. The van der Waals surface area contributed by atoms with Crippen LogP contribution in [0, 0.1) is 27.7 Å². The van der Waals surface area contributed by atoms with Gasteiger partial charge in [0, 0.05) is 0 Å². The second-order valence-electron chi connectivity index (χ2n) is 18.3. The van der Waals surface area contributed by atoms with Crippen LogP contribution in [-0.2, 0) is 6.42 Å². The molecule has 0 bridgehead atoms. The molecule has 0 spiro atoms. The van der Waals surface area contributed by atoms with Crippen molar-refractivity contribution in [2.75, 3.05) is 0 Å². The van der Waals surface area contributed by atoms with E-state index in [1.165, 1.54) is 153 Å². The maximum atomic E-state index is 4.55. The monoisotopic (exact) mass is 830 g/mol. The highest BCUT2D eigenvalue weighted by Gasteiger charge is 2.25. The van der Waals surface area contributed by atoms with Crippen molar-refractivity contribution in [3.05, 3.63) is 210 Å². The maximum Gasteiger partial charge on any atom is -0.00172 e. The first-order chi connectivity index (χ1) is 31.8. The highest BCUT2D eigenvalue weighted by atomic mass is 14.3. The minimum absolute atomic E-state index is 0.876. The van der Waals surface area contributed by atoms with Crippen LogP contribution < -0.4 is 0 Å². The highest BCUT2D eigenvalue weighted by molar-refractivity contribution is 6.29. The molecule has 0 atom stereocenters. The summed E-state index contributed by atoms with van der Waals surface area (Å²) in [6, 6.07) is 56.3. The predicted molar refractivity (Wildman–Crippen MR) is 286 cm³/mol. The van der Waals surface area contributed by atoms with Gasteiger partial charge in [0.2, 0.25) is 0 Å². The number of fused-ring (bicyclic) bond motifs is 12. The Morgan fingerprint density at radius 3 is 1.57 bits per heavy atom. The van der Waals surface area contributed by atoms with Gasteiger partial charge in [-0.1, -0.05) is 165 Å². The summed E-state index contributed by atoms with van der Waals surface area (Å²) in [5.41, 5.74) is 19.2. The fraction of sp³-hybridized carbons (Fsp3) is 0.108. The van der Waals surface area contributed by atoms with Gasteiger partial charge in [-0.3, -0.25) is 0 Å². The number of benzene rings is 11. The average Bonchev–Trinajstić information content (AvgIpc) is 3.70. The molecule has 2 aliphatic rings. The minimum Gasteiger partial charge on any atom is -0.0911 e. The van der Waals surface area contributed by atoms with E-state index in [1.807, 2.05) is 13.8 Å². The summed E-state index contributed by atoms with van der Waals surface area (Å²) in [6.07, 6.45) is 9.60. The molecule has 0 amide bonds. The smallest absolute Gasteiger partial charge is 0.00172 e.